The number of nitrogens with zero attached hydrogens (tertiary/aromatic N) is 1. The molecular weight excluding hydrogens is 232 g/mol. The van der Waals surface area contributed by atoms with Gasteiger partial charge in [-0.3, -0.25) is 0 Å². The fraction of sp³-hybridized carbons (Fsp3) is 0.462. The van der Waals surface area contributed by atoms with Gasteiger partial charge in [-0.05, 0) is 32.1 Å². The summed E-state index contributed by atoms with van der Waals surface area (Å²) < 4.78 is 6.13. The molecule has 0 amide bonds. The minimum absolute atomic E-state index is 0.271. The minimum Gasteiger partial charge on any atom is -0.468 e. The molecule has 2 atom stereocenters. The molecule has 17 heavy (non-hydrogen) atoms. The second kappa shape index (κ2) is 3.35. The summed E-state index contributed by atoms with van der Waals surface area (Å²) >= 11 is 5.35. The highest BCUT2D eigenvalue weighted by Gasteiger charge is 2.45. The van der Waals surface area contributed by atoms with Crippen molar-refractivity contribution in [1.29, 1.82) is 0 Å². The Morgan fingerprint density at radius 3 is 3.06 bits per heavy atom. The van der Waals surface area contributed by atoms with Gasteiger partial charge in [-0.2, -0.15) is 0 Å². The van der Waals surface area contributed by atoms with Crippen LogP contribution >= 0.6 is 12.2 Å². The lowest BCUT2D eigenvalue weighted by Gasteiger charge is -2.50. The van der Waals surface area contributed by atoms with E-state index >= 15 is 0 Å². The first-order valence-electron chi connectivity index (χ1n) is 5.83. The summed E-state index contributed by atoms with van der Waals surface area (Å²) in [5, 5.41) is 4.14. The van der Waals surface area contributed by atoms with E-state index in [1.165, 1.54) is 11.1 Å². The standard InChI is InChI=1S/C13H16N2OS/c1-8-4-5-11-9(6-8)10-7-13(2,16-11)15(3)12(17)14-10/h4-6,10H,7H2,1-3H3,(H,14,17). The molecule has 3 rings (SSSR count). The molecule has 1 saturated heterocycles. The van der Waals surface area contributed by atoms with Crippen LogP contribution in [0.2, 0.25) is 0 Å². The Bertz CT molecular complexity index is 502. The second-order valence-corrected chi connectivity index (χ2v) is 5.47. The Morgan fingerprint density at radius 1 is 1.53 bits per heavy atom. The molecule has 0 aromatic heterocycles. The number of rotatable bonds is 0. The Balaban J connectivity index is 2.11. The monoisotopic (exact) mass is 248 g/mol. The summed E-state index contributed by atoms with van der Waals surface area (Å²) in [7, 11) is 1.98. The molecular formula is C13H16N2OS. The molecule has 1 aromatic rings. The van der Waals surface area contributed by atoms with Crippen molar-refractivity contribution >= 4 is 17.3 Å². The normalized spacial score (nSPS) is 30.4. The van der Waals surface area contributed by atoms with Crippen LogP contribution in [0.25, 0.3) is 0 Å². The molecule has 1 aromatic carbocycles. The van der Waals surface area contributed by atoms with Gasteiger partial charge in [-0.15, -0.1) is 0 Å². The second-order valence-electron chi connectivity index (χ2n) is 5.08. The number of thiocarbonyl (C=S) groups is 1. The average molecular weight is 248 g/mol. The first-order valence-corrected chi connectivity index (χ1v) is 6.24. The van der Waals surface area contributed by atoms with Gasteiger partial charge in [-0.1, -0.05) is 17.7 Å². The first kappa shape index (κ1) is 10.8. The molecule has 3 nitrogen and oxygen atoms in total. The van der Waals surface area contributed by atoms with Crippen LogP contribution in [-0.2, 0) is 0 Å². The van der Waals surface area contributed by atoms with Crippen molar-refractivity contribution in [3.8, 4) is 5.75 Å². The molecule has 2 heterocycles. The fourth-order valence-electron chi connectivity index (χ4n) is 2.60. The van der Waals surface area contributed by atoms with Crippen LogP contribution in [0.15, 0.2) is 18.2 Å². The van der Waals surface area contributed by atoms with E-state index in [1.807, 2.05) is 11.9 Å². The maximum absolute atomic E-state index is 6.13. The summed E-state index contributed by atoms with van der Waals surface area (Å²) in [4.78, 5) is 2.00. The number of ether oxygens (including phenoxy) is 1. The highest BCUT2D eigenvalue weighted by molar-refractivity contribution is 7.80. The zero-order chi connectivity index (χ0) is 12.2. The molecule has 0 saturated carbocycles. The van der Waals surface area contributed by atoms with E-state index in [-0.39, 0.29) is 11.8 Å². The van der Waals surface area contributed by atoms with Gasteiger partial charge in [-0.25, -0.2) is 0 Å². The van der Waals surface area contributed by atoms with Crippen LogP contribution in [0.1, 0.15) is 30.5 Å². The number of hydrogen-bond donors (Lipinski definition) is 1. The lowest BCUT2D eigenvalue weighted by atomic mass is 9.90. The highest BCUT2D eigenvalue weighted by atomic mass is 32.1. The van der Waals surface area contributed by atoms with Crippen molar-refractivity contribution in [2.24, 2.45) is 0 Å². The maximum atomic E-state index is 6.13. The van der Waals surface area contributed by atoms with Crippen LogP contribution in [0.5, 0.6) is 5.75 Å². The Kier molecular flexibility index (Phi) is 2.14. The maximum Gasteiger partial charge on any atom is 0.183 e. The Hall–Kier alpha value is -1.29. The summed E-state index contributed by atoms with van der Waals surface area (Å²) in [6.45, 7) is 4.19. The smallest absolute Gasteiger partial charge is 0.183 e. The summed E-state index contributed by atoms with van der Waals surface area (Å²) in [5.41, 5.74) is 2.15. The van der Waals surface area contributed by atoms with Gasteiger partial charge < -0.3 is 15.0 Å². The number of hydrogen-bond acceptors (Lipinski definition) is 2. The van der Waals surface area contributed by atoms with Gasteiger partial charge in [0.1, 0.15) is 5.75 Å². The Morgan fingerprint density at radius 2 is 2.29 bits per heavy atom. The summed E-state index contributed by atoms with van der Waals surface area (Å²) in [5.74, 6) is 0.969. The van der Waals surface area contributed by atoms with Crippen LogP contribution < -0.4 is 10.1 Å². The largest absolute Gasteiger partial charge is 0.468 e. The molecule has 0 aliphatic carbocycles. The average Bonchev–Trinajstić information content (AvgIpc) is 2.27. The third kappa shape index (κ3) is 1.51. The molecule has 0 spiro atoms. The summed E-state index contributed by atoms with van der Waals surface area (Å²) in [6.07, 6.45) is 0.917. The molecule has 90 valence electrons. The number of aryl methyl sites for hydroxylation is 1. The molecule has 4 heteroatoms. The SMILES string of the molecule is Cc1ccc2c(c1)C1CC(C)(O2)N(C)C(=S)N1. The number of fused-ring (bicyclic) bond motifs is 4. The zero-order valence-corrected chi connectivity index (χ0v) is 11.1. The minimum atomic E-state index is -0.324. The molecule has 1 fully saturated rings. The van der Waals surface area contributed by atoms with E-state index in [0.29, 0.717) is 0 Å². The van der Waals surface area contributed by atoms with E-state index < -0.39 is 0 Å². The lowest BCUT2D eigenvalue weighted by molar-refractivity contribution is -0.0562. The summed E-state index contributed by atoms with van der Waals surface area (Å²) in [6, 6.07) is 6.59. The van der Waals surface area contributed by atoms with E-state index in [2.05, 4.69) is 37.4 Å². The van der Waals surface area contributed by atoms with Gasteiger partial charge in [0.15, 0.2) is 10.8 Å². The van der Waals surface area contributed by atoms with E-state index in [9.17, 15) is 0 Å². The van der Waals surface area contributed by atoms with Crippen LogP contribution in [0, 0.1) is 6.92 Å². The van der Waals surface area contributed by atoms with Gasteiger partial charge in [0.2, 0.25) is 0 Å². The number of benzene rings is 1. The molecule has 0 radical (unpaired) electrons. The van der Waals surface area contributed by atoms with Crippen LogP contribution in [0.4, 0.5) is 0 Å². The van der Waals surface area contributed by atoms with Crippen molar-refractivity contribution in [2.75, 3.05) is 7.05 Å². The van der Waals surface area contributed by atoms with Crippen molar-refractivity contribution in [1.82, 2.24) is 10.2 Å². The predicted molar refractivity (Wildman–Crippen MR) is 71.1 cm³/mol. The topological polar surface area (TPSA) is 24.5 Å². The molecule has 2 unspecified atom stereocenters. The molecule has 2 aliphatic heterocycles. The van der Waals surface area contributed by atoms with Gasteiger partial charge in [0, 0.05) is 19.0 Å². The van der Waals surface area contributed by atoms with Crippen molar-refractivity contribution in [2.45, 2.75) is 32.0 Å². The van der Waals surface area contributed by atoms with Crippen molar-refractivity contribution in [3.05, 3.63) is 29.3 Å². The van der Waals surface area contributed by atoms with Crippen molar-refractivity contribution in [3.63, 3.8) is 0 Å². The van der Waals surface area contributed by atoms with Gasteiger partial charge in [0.25, 0.3) is 0 Å². The first-order chi connectivity index (χ1) is 7.99. The lowest BCUT2D eigenvalue weighted by Crippen LogP contribution is -2.63. The predicted octanol–water partition coefficient (Wildman–Crippen LogP) is 2.35. The number of nitrogens with one attached hydrogen (secondary N) is 1. The highest BCUT2D eigenvalue weighted by Crippen LogP contribution is 2.43. The van der Waals surface area contributed by atoms with Crippen LogP contribution in [-0.4, -0.2) is 22.8 Å². The zero-order valence-electron chi connectivity index (χ0n) is 10.3. The van der Waals surface area contributed by atoms with Gasteiger partial charge in [0.05, 0.1) is 6.04 Å². The quantitative estimate of drug-likeness (QED) is 0.712. The third-order valence-electron chi connectivity index (χ3n) is 3.77. The Labute approximate surface area is 107 Å². The molecule has 2 aliphatic rings. The van der Waals surface area contributed by atoms with Gasteiger partial charge >= 0.3 is 0 Å². The van der Waals surface area contributed by atoms with E-state index in [1.54, 1.807) is 0 Å². The van der Waals surface area contributed by atoms with Crippen LogP contribution in [0.3, 0.4) is 0 Å². The molecule has 2 bridgehead atoms. The molecule has 1 N–H and O–H groups in total. The fourth-order valence-corrected chi connectivity index (χ4v) is 2.93. The van der Waals surface area contributed by atoms with Crippen molar-refractivity contribution < 1.29 is 4.74 Å². The van der Waals surface area contributed by atoms with E-state index in [0.717, 1.165) is 17.3 Å². The van der Waals surface area contributed by atoms with E-state index in [4.69, 9.17) is 17.0 Å². The third-order valence-corrected chi connectivity index (χ3v) is 4.16.